The third-order valence-corrected chi connectivity index (χ3v) is 4.28. The molecule has 2 aromatic rings. The fourth-order valence-corrected chi connectivity index (χ4v) is 2.93. The summed E-state index contributed by atoms with van der Waals surface area (Å²) < 4.78 is 10.8. The van der Waals surface area contributed by atoms with Crippen molar-refractivity contribution in [2.75, 3.05) is 31.7 Å². The summed E-state index contributed by atoms with van der Waals surface area (Å²) in [6, 6.07) is 14.8. The molecule has 0 aromatic heterocycles. The van der Waals surface area contributed by atoms with Gasteiger partial charge in [0.2, 0.25) is 0 Å². The van der Waals surface area contributed by atoms with Crippen molar-refractivity contribution in [3.05, 3.63) is 59.7 Å². The number of hydrogen-bond donors (Lipinski definition) is 1. The zero-order valence-corrected chi connectivity index (χ0v) is 14.9. The zero-order chi connectivity index (χ0) is 18.5. The van der Waals surface area contributed by atoms with E-state index in [4.69, 9.17) is 9.47 Å². The summed E-state index contributed by atoms with van der Waals surface area (Å²) in [5.74, 6) is 0.207. The molecule has 1 saturated heterocycles. The SMILES string of the molecule is COc1ccccc1C(=O)NCC1CN(c2cccc(C)c2)C(=O)CO1. The Balaban J connectivity index is 1.63. The second kappa shape index (κ2) is 8.01. The van der Waals surface area contributed by atoms with E-state index in [0.717, 1.165) is 11.3 Å². The van der Waals surface area contributed by atoms with Crippen LogP contribution in [-0.4, -0.2) is 44.7 Å². The maximum Gasteiger partial charge on any atom is 0.255 e. The van der Waals surface area contributed by atoms with Gasteiger partial charge in [-0.1, -0.05) is 24.3 Å². The molecule has 2 amide bonds. The van der Waals surface area contributed by atoms with Gasteiger partial charge in [0.05, 0.1) is 25.3 Å². The number of benzene rings is 2. The highest BCUT2D eigenvalue weighted by molar-refractivity contribution is 5.97. The molecule has 136 valence electrons. The number of nitrogens with one attached hydrogen (secondary N) is 1. The number of nitrogens with zero attached hydrogens (tertiary/aromatic N) is 1. The fraction of sp³-hybridized carbons (Fsp3) is 0.300. The van der Waals surface area contributed by atoms with Gasteiger partial charge in [-0.2, -0.15) is 0 Å². The molecular weight excluding hydrogens is 332 g/mol. The number of ether oxygens (including phenoxy) is 2. The average molecular weight is 354 g/mol. The van der Waals surface area contributed by atoms with Crippen LogP contribution in [0.2, 0.25) is 0 Å². The minimum atomic E-state index is -0.271. The highest BCUT2D eigenvalue weighted by atomic mass is 16.5. The molecule has 1 atom stereocenters. The van der Waals surface area contributed by atoms with Gasteiger partial charge in [-0.3, -0.25) is 9.59 Å². The fourth-order valence-electron chi connectivity index (χ4n) is 2.93. The lowest BCUT2D eigenvalue weighted by molar-refractivity contribution is -0.129. The number of methoxy groups -OCH3 is 1. The van der Waals surface area contributed by atoms with Gasteiger partial charge in [0.25, 0.3) is 11.8 Å². The predicted octanol–water partition coefficient (Wildman–Crippen LogP) is 2.17. The number of amides is 2. The van der Waals surface area contributed by atoms with E-state index in [1.165, 1.54) is 7.11 Å². The normalized spacial score (nSPS) is 17.1. The van der Waals surface area contributed by atoms with E-state index < -0.39 is 0 Å². The smallest absolute Gasteiger partial charge is 0.255 e. The third-order valence-electron chi connectivity index (χ3n) is 4.28. The summed E-state index contributed by atoms with van der Waals surface area (Å²) in [4.78, 5) is 26.3. The Kier molecular flexibility index (Phi) is 5.53. The lowest BCUT2D eigenvalue weighted by atomic mass is 10.1. The van der Waals surface area contributed by atoms with Crippen molar-refractivity contribution in [1.29, 1.82) is 0 Å². The topological polar surface area (TPSA) is 67.9 Å². The summed E-state index contributed by atoms with van der Waals surface area (Å²) in [5.41, 5.74) is 2.40. The van der Waals surface area contributed by atoms with Crippen LogP contribution in [-0.2, 0) is 9.53 Å². The first kappa shape index (κ1) is 17.9. The van der Waals surface area contributed by atoms with Gasteiger partial charge >= 0.3 is 0 Å². The van der Waals surface area contributed by atoms with E-state index in [1.54, 1.807) is 23.1 Å². The molecule has 1 fully saturated rings. The maximum atomic E-state index is 12.4. The van der Waals surface area contributed by atoms with Gasteiger partial charge in [0.1, 0.15) is 12.4 Å². The Hall–Kier alpha value is -2.86. The molecule has 6 nitrogen and oxygen atoms in total. The van der Waals surface area contributed by atoms with E-state index in [9.17, 15) is 9.59 Å². The van der Waals surface area contributed by atoms with Crippen LogP contribution in [0, 0.1) is 6.92 Å². The van der Waals surface area contributed by atoms with Gasteiger partial charge in [-0.05, 0) is 36.8 Å². The first-order valence-corrected chi connectivity index (χ1v) is 8.48. The van der Waals surface area contributed by atoms with Crippen molar-refractivity contribution >= 4 is 17.5 Å². The van der Waals surface area contributed by atoms with Crippen LogP contribution in [0.1, 0.15) is 15.9 Å². The monoisotopic (exact) mass is 354 g/mol. The Labute approximate surface area is 152 Å². The average Bonchev–Trinajstić information content (AvgIpc) is 2.67. The number of hydrogen-bond acceptors (Lipinski definition) is 4. The summed E-state index contributed by atoms with van der Waals surface area (Å²) in [6.45, 7) is 2.70. The van der Waals surface area contributed by atoms with Crippen molar-refractivity contribution in [2.24, 2.45) is 0 Å². The quantitative estimate of drug-likeness (QED) is 0.894. The van der Waals surface area contributed by atoms with Gasteiger partial charge in [0, 0.05) is 12.2 Å². The Morgan fingerprint density at radius 1 is 1.27 bits per heavy atom. The molecule has 6 heteroatoms. The molecule has 0 radical (unpaired) electrons. The molecule has 1 N–H and O–H groups in total. The van der Waals surface area contributed by atoms with E-state index in [0.29, 0.717) is 24.4 Å². The summed E-state index contributed by atoms with van der Waals surface area (Å²) in [5, 5.41) is 2.86. The van der Waals surface area contributed by atoms with Crippen molar-refractivity contribution in [1.82, 2.24) is 5.32 Å². The lowest BCUT2D eigenvalue weighted by Gasteiger charge is -2.33. The first-order chi connectivity index (χ1) is 12.6. The van der Waals surface area contributed by atoms with Crippen LogP contribution in [0.15, 0.2) is 48.5 Å². The highest BCUT2D eigenvalue weighted by Crippen LogP contribution is 2.20. The molecule has 3 rings (SSSR count). The largest absolute Gasteiger partial charge is 0.496 e. The lowest BCUT2D eigenvalue weighted by Crippen LogP contribution is -2.50. The molecule has 2 aromatic carbocycles. The van der Waals surface area contributed by atoms with E-state index in [2.05, 4.69) is 5.32 Å². The Morgan fingerprint density at radius 3 is 2.85 bits per heavy atom. The highest BCUT2D eigenvalue weighted by Gasteiger charge is 2.28. The standard InChI is InChI=1S/C20H22N2O4/c1-14-6-5-7-15(10-14)22-12-16(26-13-19(22)23)11-21-20(24)17-8-3-4-9-18(17)25-2/h3-10,16H,11-13H2,1-2H3,(H,21,24). The molecular formula is C20H22N2O4. The van der Waals surface area contributed by atoms with Gasteiger partial charge in [0.15, 0.2) is 0 Å². The number of morpholine rings is 1. The molecule has 0 aliphatic carbocycles. The predicted molar refractivity (Wildman–Crippen MR) is 98.6 cm³/mol. The number of para-hydroxylation sites is 1. The van der Waals surface area contributed by atoms with Crippen molar-refractivity contribution < 1.29 is 19.1 Å². The maximum absolute atomic E-state index is 12.4. The van der Waals surface area contributed by atoms with Crippen LogP contribution in [0.25, 0.3) is 0 Å². The minimum Gasteiger partial charge on any atom is -0.496 e. The second-order valence-electron chi connectivity index (χ2n) is 6.19. The molecule has 26 heavy (non-hydrogen) atoms. The Bertz CT molecular complexity index is 806. The molecule has 1 aliphatic heterocycles. The van der Waals surface area contributed by atoms with E-state index >= 15 is 0 Å². The van der Waals surface area contributed by atoms with Crippen molar-refractivity contribution in [3.63, 3.8) is 0 Å². The number of carbonyl (C=O) groups excluding carboxylic acids is 2. The second-order valence-corrected chi connectivity index (χ2v) is 6.19. The third kappa shape index (κ3) is 4.03. The van der Waals surface area contributed by atoms with Crippen molar-refractivity contribution in [2.45, 2.75) is 13.0 Å². The molecule has 0 spiro atoms. The summed E-state index contributed by atoms with van der Waals surface area (Å²) in [6.07, 6.45) is -0.271. The first-order valence-electron chi connectivity index (χ1n) is 8.48. The van der Waals surface area contributed by atoms with Crippen LogP contribution in [0.4, 0.5) is 5.69 Å². The molecule has 0 bridgehead atoms. The van der Waals surface area contributed by atoms with E-state index in [-0.39, 0.29) is 24.5 Å². The minimum absolute atomic E-state index is 0.00311. The van der Waals surface area contributed by atoms with Gasteiger partial charge in [-0.15, -0.1) is 0 Å². The summed E-state index contributed by atoms with van der Waals surface area (Å²) >= 11 is 0. The van der Waals surface area contributed by atoms with Crippen LogP contribution in [0.3, 0.4) is 0 Å². The van der Waals surface area contributed by atoms with Gasteiger partial charge < -0.3 is 19.7 Å². The molecule has 0 saturated carbocycles. The zero-order valence-electron chi connectivity index (χ0n) is 14.9. The van der Waals surface area contributed by atoms with Crippen molar-refractivity contribution in [3.8, 4) is 5.75 Å². The van der Waals surface area contributed by atoms with Crippen LogP contribution >= 0.6 is 0 Å². The number of aryl methyl sites for hydroxylation is 1. The number of anilines is 1. The van der Waals surface area contributed by atoms with Crippen LogP contribution in [0.5, 0.6) is 5.75 Å². The number of carbonyl (C=O) groups is 2. The Morgan fingerprint density at radius 2 is 2.08 bits per heavy atom. The summed E-state index contributed by atoms with van der Waals surface area (Å²) in [7, 11) is 1.53. The van der Waals surface area contributed by atoms with Crippen LogP contribution < -0.4 is 15.0 Å². The molecule has 1 heterocycles. The molecule has 1 unspecified atom stereocenters. The van der Waals surface area contributed by atoms with E-state index in [1.807, 2.05) is 37.3 Å². The van der Waals surface area contributed by atoms with Gasteiger partial charge in [-0.25, -0.2) is 0 Å². The molecule has 1 aliphatic rings. The number of rotatable bonds is 5.